The Hall–Kier alpha value is -2.05. The summed E-state index contributed by atoms with van der Waals surface area (Å²) < 4.78 is 36.5. The van der Waals surface area contributed by atoms with Crippen molar-refractivity contribution in [2.75, 3.05) is 10.6 Å². The minimum Gasteiger partial charge on any atom is -0.326 e. The van der Waals surface area contributed by atoms with Crippen LogP contribution in [-0.2, 0) is 9.59 Å². The summed E-state index contributed by atoms with van der Waals surface area (Å²) in [6.45, 7) is 0. The summed E-state index contributed by atoms with van der Waals surface area (Å²) in [7, 11) is 0. The van der Waals surface area contributed by atoms with E-state index in [0.717, 1.165) is 25.7 Å². The number of carbonyl (C=O) groups excluding carboxylic acids is 2. The van der Waals surface area contributed by atoms with E-state index in [1.165, 1.54) is 18.2 Å². The predicted octanol–water partition coefficient (Wildman–Crippen LogP) is 3.32. The van der Waals surface area contributed by atoms with Gasteiger partial charge in [0.1, 0.15) is 0 Å². The van der Waals surface area contributed by atoms with Crippen molar-refractivity contribution in [2.45, 2.75) is 31.9 Å². The van der Waals surface area contributed by atoms with Crippen molar-refractivity contribution in [3.63, 3.8) is 0 Å². The van der Waals surface area contributed by atoms with Crippen LogP contribution in [0, 0.1) is 5.92 Å². The summed E-state index contributed by atoms with van der Waals surface area (Å²) >= 11 is 0. The number of rotatable bonds is 3. The lowest BCUT2D eigenvalue weighted by atomic mass is 10.1. The summed E-state index contributed by atoms with van der Waals surface area (Å²) in [5, 5.41) is 4.41. The fourth-order valence-corrected chi connectivity index (χ4v) is 2.31. The summed E-state index contributed by atoms with van der Waals surface area (Å²) in [6.07, 6.45) is -1.25. The third-order valence-electron chi connectivity index (χ3n) is 3.37. The summed E-state index contributed by atoms with van der Waals surface area (Å²) in [4.78, 5) is 22.8. The van der Waals surface area contributed by atoms with Crippen molar-refractivity contribution < 1.29 is 22.8 Å². The molecule has 0 bridgehead atoms. The van der Waals surface area contributed by atoms with Gasteiger partial charge in [-0.1, -0.05) is 18.9 Å². The van der Waals surface area contributed by atoms with Crippen LogP contribution in [-0.4, -0.2) is 18.0 Å². The standard InChI is InChI=1S/C14H15F3N2O2/c15-14(16,17)13(21)19-11-7-3-6-10(8-11)18-12(20)9-4-1-2-5-9/h3,6-9H,1-2,4-5H2,(H,18,20)(H,19,21). The fraction of sp³-hybridized carbons (Fsp3) is 0.429. The van der Waals surface area contributed by atoms with Gasteiger partial charge in [0, 0.05) is 17.3 Å². The number of amides is 2. The predicted molar refractivity (Wildman–Crippen MR) is 71.7 cm³/mol. The highest BCUT2D eigenvalue weighted by Crippen LogP contribution is 2.26. The van der Waals surface area contributed by atoms with Crippen LogP contribution in [0.1, 0.15) is 25.7 Å². The maximum absolute atomic E-state index is 12.2. The largest absolute Gasteiger partial charge is 0.471 e. The van der Waals surface area contributed by atoms with Gasteiger partial charge in [0.15, 0.2) is 0 Å². The lowest BCUT2D eigenvalue weighted by molar-refractivity contribution is -0.167. The summed E-state index contributed by atoms with van der Waals surface area (Å²) in [6, 6.07) is 5.66. The molecule has 2 N–H and O–H groups in total. The highest BCUT2D eigenvalue weighted by atomic mass is 19.4. The molecule has 0 radical (unpaired) electrons. The van der Waals surface area contributed by atoms with Crippen molar-refractivity contribution >= 4 is 23.2 Å². The zero-order valence-electron chi connectivity index (χ0n) is 11.2. The third-order valence-corrected chi connectivity index (χ3v) is 3.37. The van der Waals surface area contributed by atoms with Crippen molar-refractivity contribution in [3.05, 3.63) is 24.3 Å². The Labute approximate surface area is 119 Å². The van der Waals surface area contributed by atoms with E-state index in [4.69, 9.17) is 0 Å². The highest BCUT2D eigenvalue weighted by Gasteiger charge is 2.38. The lowest BCUT2D eigenvalue weighted by Crippen LogP contribution is -2.30. The molecular weight excluding hydrogens is 285 g/mol. The molecule has 1 aromatic carbocycles. The highest BCUT2D eigenvalue weighted by molar-refractivity contribution is 5.97. The van der Waals surface area contributed by atoms with Crippen LogP contribution < -0.4 is 10.6 Å². The molecule has 2 amide bonds. The Morgan fingerprint density at radius 3 is 2.19 bits per heavy atom. The molecule has 0 aromatic heterocycles. The quantitative estimate of drug-likeness (QED) is 0.899. The first-order chi connectivity index (χ1) is 9.86. The molecule has 4 nitrogen and oxygen atoms in total. The molecule has 1 aromatic rings. The molecule has 21 heavy (non-hydrogen) atoms. The monoisotopic (exact) mass is 300 g/mol. The average Bonchev–Trinajstić information content (AvgIpc) is 2.91. The SMILES string of the molecule is O=C(Nc1cccc(NC(=O)C(F)(F)F)c1)C1CCCC1. The van der Waals surface area contributed by atoms with Gasteiger partial charge in [-0.3, -0.25) is 9.59 Å². The minimum absolute atomic E-state index is 0.0125. The van der Waals surface area contributed by atoms with Gasteiger partial charge in [-0.2, -0.15) is 13.2 Å². The van der Waals surface area contributed by atoms with E-state index in [-0.39, 0.29) is 17.5 Å². The molecule has 0 aliphatic heterocycles. The molecule has 0 spiro atoms. The number of hydrogen-bond donors (Lipinski definition) is 2. The first kappa shape index (κ1) is 15.3. The van der Waals surface area contributed by atoms with Gasteiger partial charge in [0.25, 0.3) is 0 Å². The molecule has 7 heteroatoms. The van der Waals surface area contributed by atoms with Crippen LogP contribution >= 0.6 is 0 Å². The van der Waals surface area contributed by atoms with Gasteiger partial charge in [-0.05, 0) is 31.0 Å². The van der Waals surface area contributed by atoms with E-state index >= 15 is 0 Å². The molecule has 0 heterocycles. The summed E-state index contributed by atoms with van der Waals surface area (Å²) in [5.74, 6) is -2.22. The molecule has 0 unspecified atom stereocenters. The Kier molecular flexibility index (Phi) is 4.50. The number of halogens is 3. The Balaban J connectivity index is 2.00. The van der Waals surface area contributed by atoms with E-state index < -0.39 is 12.1 Å². The lowest BCUT2D eigenvalue weighted by Gasteiger charge is -2.12. The molecular formula is C14H15F3N2O2. The van der Waals surface area contributed by atoms with Crippen LogP contribution in [0.2, 0.25) is 0 Å². The van der Waals surface area contributed by atoms with Gasteiger partial charge in [0.05, 0.1) is 0 Å². The number of benzene rings is 1. The van der Waals surface area contributed by atoms with Crippen LogP contribution in [0.25, 0.3) is 0 Å². The Morgan fingerprint density at radius 1 is 1.05 bits per heavy atom. The smallest absolute Gasteiger partial charge is 0.326 e. The first-order valence-corrected chi connectivity index (χ1v) is 6.65. The molecule has 2 rings (SSSR count). The normalized spacial score (nSPS) is 15.8. The van der Waals surface area contributed by atoms with E-state index in [2.05, 4.69) is 5.32 Å². The van der Waals surface area contributed by atoms with E-state index in [1.807, 2.05) is 0 Å². The number of hydrogen-bond acceptors (Lipinski definition) is 2. The van der Waals surface area contributed by atoms with Crippen LogP contribution in [0.5, 0.6) is 0 Å². The zero-order chi connectivity index (χ0) is 15.5. The molecule has 1 saturated carbocycles. The van der Waals surface area contributed by atoms with E-state index in [9.17, 15) is 22.8 Å². The second-order valence-corrected chi connectivity index (χ2v) is 5.00. The first-order valence-electron chi connectivity index (χ1n) is 6.65. The molecule has 114 valence electrons. The topological polar surface area (TPSA) is 58.2 Å². The Bertz CT molecular complexity index is 537. The minimum atomic E-state index is -4.94. The van der Waals surface area contributed by atoms with Crippen LogP contribution in [0.15, 0.2) is 24.3 Å². The number of anilines is 2. The van der Waals surface area contributed by atoms with Crippen molar-refractivity contribution in [2.24, 2.45) is 5.92 Å². The second kappa shape index (κ2) is 6.15. The van der Waals surface area contributed by atoms with Crippen LogP contribution in [0.3, 0.4) is 0 Å². The number of carbonyl (C=O) groups is 2. The zero-order valence-corrected chi connectivity index (χ0v) is 11.2. The maximum Gasteiger partial charge on any atom is 0.471 e. The van der Waals surface area contributed by atoms with E-state index in [1.54, 1.807) is 11.4 Å². The molecule has 1 aliphatic carbocycles. The van der Waals surface area contributed by atoms with Crippen molar-refractivity contribution in [3.8, 4) is 0 Å². The van der Waals surface area contributed by atoms with Gasteiger partial charge >= 0.3 is 12.1 Å². The second-order valence-electron chi connectivity index (χ2n) is 5.00. The molecule has 0 saturated heterocycles. The van der Waals surface area contributed by atoms with Gasteiger partial charge in [-0.25, -0.2) is 0 Å². The third kappa shape index (κ3) is 4.21. The number of nitrogens with one attached hydrogen (secondary N) is 2. The van der Waals surface area contributed by atoms with Crippen molar-refractivity contribution in [1.29, 1.82) is 0 Å². The molecule has 0 atom stereocenters. The van der Waals surface area contributed by atoms with Gasteiger partial charge in [-0.15, -0.1) is 0 Å². The van der Waals surface area contributed by atoms with Crippen LogP contribution in [0.4, 0.5) is 24.5 Å². The molecule has 1 aliphatic rings. The Morgan fingerprint density at radius 2 is 1.62 bits per heavy atom. The van der Waals surface area contributed by atoms with Gasteiger partial charge in [0.2, 0.25) is 5.91 Å². The van der Waals surface area contributed by atoms with E-state index in [0.29, 0.717) is 5.69 Å². The van der Waals surface area contributed by atoms with Gasteiger partial charge < -0.3 is 10.6 Å². The summed E-state index contributed by atoms with van der Waals surface area (Å²) in [5.41, 5.74) is 0.355. The molecule has 1 fully saturated rings. The number of alkyl halides is 3. The fourth-order valence-electron chi connectivity index (χ4n) is 2.31. The average molecular weight is 300 g/mol. The maximum atomic E-state index is 12.2. The van der Waals surface area contributed by atoms with Crippen molar-refractivity contribution in [1.82, 2.24) is 0 Å².